The molecule has 2 saturated heterocycles. The van der Waals surface area contributed by atoms with Gasteiger partial charge in [0.05, 0.1) is 20.3 Å². The number of methoxy groups -OCH3 is 1. The smallest absolute Gasteiger partial charge is 0.305 e. The van der Waals surface area contributed by atoms with Gasteiger partial charge in [-0.05, 0) is 36.4 Å². The average Bonchev–Trinajstić information content (AvgIpc) is 2.87. The van der Waals surface area contributed by atoms with Gasteiger partial charge in [-0.15, -0.1) is 0 Å². The van der Waals surface area contributed by atoms with Crippen LogP contribution in [0.3, 0.4) is 0 Å². The second-order valence-corrected chi connectivity index (χ2v) is 9.01. The van der Waals surface area contributed by atoms with Gasteiger partial charge in [-0.1, -0.05) is 60.7 Å². The van der Waals surface area contributed by atoms with Crippen LogP contribution in [0.25, 0.3) is 0 Å². The molecule has 5 heteroatoms. The van der Waals surface area contributed by atoms with Crippen LogP contribution in [0.15, 0.2) is 60.7 Å². The summed E-state index contributed by atoms with van der Waals surface area (Å²) in [5.74, 6) is 0.709. The van der Waals surface area contributed by atoms with E-state index in [9.17, 15) is 4.79 Å². The minimum absolute atomic E-state index is 0.103. The zero-order valence-corrected chi connectivity index (χ0v) is 19.2. The van der Waals surface area contributed by atoms with Crippen LogP contribution in [0.1, 0.15) is 36.3 Å². The highest BCUT2D eigenvalue weighted by atomic mass is 16.5. The number of carbonyl (C=O) groups excluding carboxylic acids is 1. The van der Waals surface area contributed by atoms with Crippen molar-refractivity contribution in [3.05, 3.63) is 71.8 Å². The number of morpholine rings is 1. The van der Waals surface area contributed by atoms with Crippen LogP contribution in [0.4, 0.5) is 0 Å². The number of ether oxygens (including phenoxy) is 2. The first-order valence-electron chi connectivity index (χ1n) is 12.0. The third-order valence-electron chi connectivity index (χ3n) is 7.08. The Bertz CT molecular complexity index is 784. The summed E-state index contributed by atoms with van der Waals surface area (Å²) in [6.45, 7) is 6.73. The van der Waals surface area contributed by atoms with E-state index in [0.29, 0.717) is 24.3 Å². The van der Waals surface area contributed by atoms with Crippen molar-refractivity contribution < 1.29 is 14.3 Å². The largest absolute Gasteiger partial charge is 0.469 e. The molecule has 0 spiro atoms. The van der Waals surface area contributed by atoms with Crippen LogP contribution in [-0.2, 0) is 14.3 Å². The highest BCUT2D eigenvalue weighted by Crippen LogP contribution is 2.31. The first-order chi connectivity index (χ1) is 15.7. The van der Waals surface area contributed by atoms with Gasteiger partial charge >= 0.3 is 5.97 Å². The average molecular weight is 437 g/mol. The number of hydrogen-bond donors (Lipinski definition) is 0. The molecule has 0 unspecified atom stereocenters. The molecule has 2 fully saturated rings. The summed E-state index contributed by atoms with van der Waals surface area (Å²) in [7, 11) is 1.49. The topological polar surface area (TPSA) is 42.0 Å². The zero-order valence-electron chi connectivity index (χ0n) is 19.2. The van der Waals surface area contributed by atoms with Crippen molar-refractivity contribution in [1.82, 2.24) is 9.80 Å². The number of nitrogens with zero attached hydrogens (tertiary/aromatic N) is 2. The van der Waals surface area contributed by atoms with Crippen molar-refractivity contribution in [3.63, 3.8) is 0 Å². The van der Waals surface area contributed by atoms with E-state index in [4.69, 9.17) is 9.47 Å². The summed E-state index contributed by atoms with van der Waals surface area (Å²) >= 11 is 0. The lowest BCUT2D eigenvalue weighted by molar-refractivity contribution is -0.141. The molecule has 0 bridgehead atoms. The molecule has 0 aliphatic carbocycles. The third kappa shape index (κ3) is 5.97. The Balaban J connectivity index is 1.49. The summed E-state index contributed by atoms with van der Waals surface area (Å²) < 4.78 is 10.5. The van der Waals surface area contributed by atoms with Crippen LogP contribution in [0, 0.1) is 5.92 Å². The molecule has 0 saturated carbocycles. The zero-order chi connectivity index (χ0) is 22.2. The van der Waals surface area contributed by atoms with E-state index in [1.165, 1.54) is 18.2 Å². The molecule has 2 aromatic carbocycles. The van der Waals surface area contributed by atoms with E-state index >= 15 is 0 Å². The molecule has 4 rings (SSSR count). The van der Waals surface area contributed by atoms with Gasteiger partial charge in [0.1, 0.15) is 0 Å². The summed E-state index contributed by atoms with van der Waals surface area (Å²) in [5.41, 5.74) is 2.72. The number of piperidine rings is 1. The Labute approximate surface area is 192 Å². The fraction of sp³-hybridized carbons (Fsp3) is 0.519. The summed E-state index contributed by atoms with van der Waals surface area (Å²) in [4.78, 5) is 17.1. The molecule has 0 aromatic heterocycles. The van der Waals surface area contributed by atoms with Crippen LogP contribution < -0.4 is 0 Å². The normalized spacial score (nSPS) is 22.7. The minimum atomic E-state index is -0.103. The number of rotatable bonds is 8. The Hall–Kier alpha value is -2.21. The van der Waals surface area contributed by atoms with Gasteiger partial charge in [0.25, 0.3) is 0 Å². The summed E-state index contributed by atoms with van der Waals surface area (Å²) in [6.07, 6.45) is 2.52. The molecule has 2 heterocycles. The fourth-order valence-electron chi connectivity index (χ4n) is 5.37. The van der Waals surface area contributed by atoms with Gasteiger partial charge < -0.3 is 14.4 Å². The van der Waals surface area contributed by atoms with Crippen molar-refractivity contribution in [3.8, 4) is 0 Å². The SMILES string of the molecule is COC(=O)CC[C@H]1CN(CC(c2ccccc2)c2ccccc2)CC[C@H]1N1CCOCC1. The van der Waals surface area contributed by atoms with E-state index in [2.05, 4.69) is 70.5 Å². The van der Waals surface area contributed by atoms with Gasteiger partial charge in [0, 0.05) is 44.6 Å². The Kier molecular flexibility index (Phi) is 8.32. The maximum Gasteiger partial charge on any atom is 0.305 e. The predicted molar refractivity (Wildman–Crippen MR) is 127 cm³/mol. The molecule has 2 aliphatic rings. The van der Waals surface area contributed by atoms with E-state index in [1.807, 2.05) is 0 Å². The van der Waals surface area contributed by atoms with Crippen LogP contribution >= 0.6 is 0 Å². The maximum atomic E-state index is 11.9. The molecule has 2 atom stereocenters. The number of esters is 1. The van der Waals surface area contributed by atoms with Gasteiger partial charge in [-0.3, -0.25) is 9.69 Å². The van der Waals surface area contributed by atoms with Crippen molar-refractivity contribution in [1.29, 1.82) is 0 Å². The molecule has 172 valence electrons. The van der Waals surface area contributed by atoms with E-state index in [-0.39, 0.29) is 5.97 Å². The first-order valence-corrected chi connectivity index (χ1v) is 12.0. The maximum absolute atomic E-state index is 11.9. The molecule has 2 aliphatic heterocycles. The molecule has 32 heavy (non-hydrogen) atoms. The van der Waals surface area contributed by atoms with Gasteiger partial charge in [0.2, 0.25) is 0 Å². The van der Waals surface area contributed by atoms with Crippen LogP contribution in [-0.4, -0.2) is 74.9 Å². The summed E-state index contributed by atoms with van der Waals surface area (Å²) in [5, 5.41) is 0. The first kappa shape index (κ1) is 23.0. The molecule has 0 amide bonds. The van der Waals surface area contributed by atoms with E-state index < -0.39 is 0 Å². The Morgan fingerprint density at radius 2 is 1.62 bits per heavy atom. The predicted octanol–water partition coefficient (Wildman–Crippen LogP) is 3.79. The van der Waals surface area contributed by atoms with Crippen LogP contribution in [0.5, 0.6) is 0 Å². The molecular formula is C27H36N2O3. The Morgan fingerprint density at radius 3 is 2.22 bits per heavy atom. The van der Waals surface area contributed by atoms with Crippen molar-refractivity contribution in [2.45, 2.75) is 31.2 Å². The molecular weight excluding hydrogens is 400 g/mol. The lowest BCUT2D eigenvalue weighted by Gasteiger charge is -2.46. The monoisotopic (exact) mass is 436 g/mol. The lowest BCUT2D eigenvalue weighted by atomic mass is 9.85. The summed E-state index contributed by atoms with van der Waals surface area (Å²) in [6, 6.07) is 22.2. The second kappa shape index (κ2) is 11.6. The lowest BCUT2D eigenvalue weighted by Crippen LogP contribution is -2.54. The minimum Gasteiger partial charge on any atom is -0.469 e. The van der Waals surface area contributed by atoms with E-state index in [0.717, 1.165) is 58.8 Å². The quantitative estimate of drug-likeness (QED) is 0.589. The number of hydrogen-bond acceptors (Lipinski definition) is 5. The molecule has 0 radical (unpaired) electrons. The van der Waals surface area contributed by atoms with Crippen molar-refractivity contribution in [2.75, 3.05) is 53.0 Å². The standard InChI is InChI=1S/C27H36N2O3/c1-31-27(30)13-12-24-20-28(15-14-26(24)29-16-18-32-19-17-29)21-25(22-8-4-2-5-9-22)23-10-6-3-7-11-23/h2-11,24-26H,12-21H2,1H3/t24-,26+/m0/s1. The van der Waals surface area contributed by atoms with Crippen LogP contribution in [0.2, 0.25) is 0 Å². The highest BCUT2D eigenvalue weighted by molar-refractivity contribution is 5.69. The number of benzene rings is 2. The fourth-order valence-corrected chi connectivity index (χ4v) is 5.37. The molecule has 0 N–H and O–H groups in total. The Morgan fingerprint density at radius 1 is 1.00 bits per heavy atom. The second-order valence-electron chi connectivity index (χ2n) is 9.01. The van der Waals surface area contributed by atoms with Crippen molar-refractivity contribution >= 4 is 5.97 Å². The number of carbonyl (C=O) groups is 1. The molecule has 2 aromatic rings. The number of likely N-dealkylation sites (tertiary alicyclic amines) is 1. The third-order valence-corrected chi connectivity index (χ3v) is 7.08. The highest BCUT2D eigenvalue weighted by Gasteiger charge is 2.35. The van der Waals surface area contributed by atoms with Gasteiger partial charge in [0.15, 0.2) is 0 Å². The van der Waals surface area contributed by atoms with E-state index in [1.54, 1.807) is 0 Å². The van der Waals surface area contributed by atoms with Crippen molar-refractivity contribution in [2.24, 2.45) is 5.92 Å². The van der Waals surface area contributed by atoms with Gasteiger partial charge in [-0.25, -0.2) is 0 Å². The molecule has 5 nitrogen and oxygen atoms in total. The van der Waals surface area contributed by atoms with Gasteiger partial charge in [-0.2, -0.15) is 0 Å².